The van der Waals surface area contributed by atoms with Crippen molar-refractivity contribution in [3.05, 3.63) is 48.5 Å². The Morgan fingerprint density at radius 2 is 2.00 bits per heavy atom. The Kier molecular flexibility index (Phi) is 6.13. The largest absolute Gasteiger partial charge is 0.497 e. The van der Waals surface area contributed by atoms with E-state index in [4.69, 9.17) is 4.74 Å². The number of para-hydroxylation sites is 1. The molecule has 2 N–H and O–H groups in total. The molecular weight excluding hydrogens is 360 g/mol. The smallest absolute Gasteiger partial charge is 0.237 e. The molecule has 3 rings (SSSR count). The number of benzene rings is 2. The maximum Gasteiger partial charge on any atom is 0.237 e. The number of thioether (sulfide) groups is 1. The van der Waals surface area contributed by atoms with Gasteiger partial charge in [0.05, 0.1) is 17.9 Å². The highest BCUT2D eigenvalue weighted by Gasteiger charge is 2.18. The third kappa shape index (κ3) is 4.68. The van der Waals surface area contributed by atoms with Crippen molar-refractivity contribution in [1.82, 2.24) is 9.97 Å². The number of hydrogen-bond donors (Lipinski definition) is 2. The van der Waals surface area contributed by atoms with Crippen LogP contribution >= 0.6 is 11.8 Å². The molecule has 1 atom stereocenters. The van der Waals surface area contributed by atoms with E-state index >= 15 is 0 Å². The quantitative estimate of drug-likeness (QED) is 0.471. The van der Waals surface area contributed by atoms with E-state index in [0.29, 0.717) is 16.6 Å². The predicted molar refractivity (Wildman–Crippen MR) is 111 cm³/mol. The molecule has 7 heteroatoms. The number of nitrogens with one attached hydrogen (secondary N) is 2. The summed E-state index contributed by atoms with van der Waals surface area (Å²) < 4.78 is 5.19. The first-order valence-corrected chi connectivity index (χ1v) is 9.61. The van der Waals surface area contributed by atoms with Crippen molar-refractivity contribution in [2.45, 2.75) is 24.3 Å². The molecule has 0 aliphatic carbocycles. The molecule has 0 saturated heterocycles. The van der Waals surface area contributed by atoms with Crippen LogP contribution in [0.1, 0.15) is 13.8 Å². The molecule has 140 valence electrons. The Bertz CT molecular complexity index is 948. The summed E-state index contributed by atoms with van der Waals surface area (Å²) in [5.41, 5.74) is 1.55. The molecule has 3 aromatic rings. The van der Waals surface area contributed by atoms with E-state index in [-0.39, 0.29) is 11.2 Å². The van der Waals surface area contributed by atoms with E-state index < -0.39 is 0 Å². The molecule has 1 heterocycles. The number of carbonyl (C=O) groups excluding carboxylic acids is 1. The van der Waals surface area contributed by atoms with Crippen molar-refractivity contribution in [3.63, 3.8) is 0 Å². The summed E-state index contributed by atoms with van der Waals surface area (Å²) in [6.07, 6.45) is 0. The SMILES string of the molecule is CCNc1nc(SC(C)C(=O)Nc2cccc(OC)c2)nc2ccccc12. The minimum absolute atomic E-state index is 0.116. The number of nitrogens with zero attached hydrogens (tertiary/aromatic N) is 2. The Balaban J connectivity index is 1.76. The number of methoxy groups -OCH3 is 1. The molecule has 2 aromatic carbocycles. The summed E-state index contributed by atoms with van der Waals surface area (Å²) in [5.74, 6) is 1.36. The van der Waals surface area contributed by atoms with Crippen molar-refractivity contribution in [2.75, 3.05) is 24.3 Å². The van der Waals surface area contributed by atoms with Crippen LogP contribution in [0, 0.1) is 0 Å². The number of amides is 1. The first-order chi connectivity index (χ1) is 13.1. The molecule has 0 radical (unpaired) electrons. The Hall–Kier alpha value is -2.80. The van der Waals surface area contributed by atoms with Gasteiger partial charge in [0.1, 0.15) is 11.6 Å². The number of ether oxygens (including phenoxy) is 1. The summed E-state index contributed by atoms with van der Waals surface area (Å²) in [6, 6.07) is 15.1. The van der Waals surface area contributed by atoms with Crippen molar-refractivity contribution < 1.29 is 9.53 Å². The van der Waals surface area contributed by atoms with Crippen LogP contribution in [0.3, 0.4) is 0 Å². The monoisotopic (exact) mass is 382 g/mol. The van der Waals surface area contributed by atoms with E-state index in [9.17, 15) is 4.79 Å². The summed E-state index contributed by atoms with van der Waals surface area (Å²) >= 11 is 1.33. The molecule has 0 saturated carbocycles. The summed E-state index contributed by atoms with van der Waals surface area (Å²) in [5, 5.41) is 7.35. The van der Waals surface area contributed by atoms with Crippen molar-refractivity contribution in [2.24, 2.45) is 0 Å². The number of fused-ring (bicyclic) bond motifs is 1. The average Bonchev–Trinajstić information content (AvgIpc) is 2.68. The molecule has 0 bridgehead atoms. The van der Waals surface area contributed by atoms with Crippen LogP contribution in [-0.2, 0) is 4.79 Å². The molecule has 1 amide bonds. The minimum Gasteiger partial charge on any atom is -0.497 e. The van der Waals surface area contributed by atoms with E-state index in [0.717, 1.165) is 23.3 Å². The van der Waals surface area contributed by atoms with Gasteiger partial charge in [0.2, 0.25) is 5.91 Å². The van der Waals surface area contributed by atoms with Crippen LogP contribution < -0.4 is 15.4 Å². The van der Waals surface area contributed by atoms with Gasteiger partial charge in [-0.2, -0.15) is 0 Å². The van der Waals surface area contributed by atoms with Crippen LogP contribution in [0.15, 0.2) is 53.7 Å². The highest BCUT2D eigenvalue weighted by Crippen LogP contribution is 2.27. The lowest BCUT2D eigenvalue weighted by Crippen LogP contribution is -2.22. The van der Waals surface area contributed by atoms with Gasteiger partial charge in [0.15, 0.2) is 5.16 Å². The standard InChI is InChI=1S/C20H22N4O2S/c1-4-21-18-16-10-5-6-11-17(16)23-20(24-18)27-13(2)19(25)22-14-8-7-9-15(12-14)26-3/h5-13H,4H2,1-3H3,(H,22,25)(H,21,23,24). The molecule has 1 unspecified atom stereocenters. The van der Waals surface area contributed by atoms with Gasteiger partial charge in [-0.25, -0.2) is 9.97 Å². The Morgan fingerprint density at radius 1 is 1.19 bits per heavy atom. The third-order valence-electron chi connectivity index (χ3n) is 3.92. The lowest BCUT2D eigenvalue weighted by Gasteiger charge is -2.13. The maximum atomic E-state index is 12.5. The van der Waals surface area contributed by atoms with Crippen LogP contribution in [0.4, 0.5) is 11.5 Å². The fraction of sp³-hybridized carbons (Fsp3) is 0.250. The van der Waals surface area contributed by atoms with Gasteiger partial charge in [-0.1, -0.05) is 30.0 Å². The first-order valence-electron chi connectivity index (χ1n) is 8.73. The molecule has 0 fully saturated rings. The highest BCUT2D eigenvalue weighted by molar-refractivity contribution is 8.00. The number of rotatable bonds is 7. The van der Waals surface area contributed by atoms with E-state index in [1.807, 2.05) is 56.3 Å². The van der Waals surface area contributed by atoms with Gasteiger partial charge < -0.3 is 15.4 Å². The fourth-order valence-electron chi connectivity index (χ4n) is 2.57. The number of aromatic nitrogens is 2. The fourth-order valence-corrected chi connectivity index (χ4v) is 3.34. The number of hydrogen-bond acceptors (Lipinski definition) is 6. The summed E-state index contributed by atoms with van der Waals surface area (Å²) in [7, 11) is 1.60. The molecule has 27 heavy (non-hydrogen) atoms. The van der Waals surface area contributed by atoms with Gasteiger partial charge in [0, 0.05) is 23.7 Å². The maximum absolute atomic E-state index is 12.5. The van der Waals surface area contributed by atoms with E-state index in [1.54, 1.807) is 13.2 Å². The van der Waals surface area contributed by atoms with Crippen LogP contribution in [-0.4, -0.2) is 34.8 Å². The minimum atomic E-state index is -0.355. The second-order valence-electron chi connectivity index (χ2n) is 5.88. The zero-order valence-corrected chi connectivity index (χ0v) is 16.3. The zero-order chi connectivity index (χ0) is 19.2. The second-order valence-corrected chi connectivity index (χ2v) is 7.19. The molecule has 0 aliphatic rings. The van der Waals surface area contributed by atoms with Crippen molar-refractivity contribution in [1.29, 1.82) is 0 Å². The zero-order valence-electron chi connectivity index (χ0n) is 15.5. The highest BCUT2D eigenvalue weighted by atomic mass is 32.2. The lowest BCUT2D eigenvalue weighted by molar-refractivity contribution is -0.115. The molecule has 1 aromatic heterocycles. The lowest BCUT2D eigenvalue weighted by atomic mass is 10.2. The normalized spacial score (nSPS) is 11.8. The van der Waals surface area contributed by atoms with Crippen molar-refractivity contribution >= 4 is 40.1 Å². The van der Waals surface area contributed by atoms with Crippen LogP contribution in [0.25, 0.3) is 10.9 Å². The van der Waals surface area contributed by atoms with Gasteiger partial charge in [-0.3, -0.25) is 4.79 Å². The van der Waals surface area contributed by atoms with Crippen molar-refractivity contribution in [3.8, 4) is 5.75 Å². The molecular formula is C20H22N4O2S. The van der Waals surface area contributed by atoms with Crippen LogP contribution in [0.2, 0.25) is 0 Å². The predicted octanol–water partition coefficient (Wildman–Crippen LogP) is 4.19. The summed E-state index contributed by atoms with van der Waals surface area (Å²) in [4.78, 5) is 21.7. The van der Waals surface area contributed by atoms with Gasteiger partial charge in [-0.15, -0.1) is 0 Å². The van der Waals surface area contributed by atoms with Gasteiger partial charge in [-0.05, 0) is 38.1 Å². The Labute approximate surface area is 162 Å². The van der Waals surface area contributed by atoms with Gasteiger partial charge >= 0.3 is 0 Å². The first kappa shape index (κ1) is 19.0. The van der Waals surface area contributed by atoms with Gasteiger partial charge in [0.25, 0.3) is 0 Å². The van der Waals surface area contributed by atoms with E-state index in [2.05, 4.69) is 20.6 Å². The number of anilines is 2. The van der Waals surface area contributed by atoms with E-state index in [1.165, 1.54) is 11.8 Å². The van der Waals surface area contributed by atoms with Crippen LogP contribution in [0.5, 0.6) is 5.75 Å². The number of carbonyl (C=O) groups is 1. The summed E-state index contributed by atoms with van der Waals surface area (Å²) in [6.45, 7) is 4.62. The average molecular weight is 382 g/mol. The molecule has 0 aliphatic heterocycles. The third-order valence-corrected chi connectivity index (χ3v) is 4.88. The Morgan fingerprint density at radius 3 is 2.78 bits per heavy atom. The molecule has 0 spiro atoms. The molecule has 6 nitrogen and oxygen atoms in total. The second kappa shape index (κ2) is 8.73. The topological polar surface area (TPSA) is 76.1 Å².